The van der Waals surface area contributed by atoms with Crippen LogP contribution in [-0.4, -0.2) is 17.7 Å². The predicted molar refractivity (Wildman–Crippen MR) is 53.9 cm³/mol. The Morgan fingerprint density at radius 2 is 2.40 bits per heavy atom. The van der Waals surface area contributed by atoms with Gasteiger partial charge in [0, 0.05) is 0 Å². The number of ether oxygens (including phenoxy) is 1. The van der Waals surface area contributed by atoms with E-state index < -0.39 is 0 Å². The zero-order valence-corrected chi connectivity index (χ0v) is 8.28. The van der Waals surface area contributed by atoms with Crippen molar-refractivity contribution in [2.24, 2.45) is 0 Å². The molecule has 0 radical (unpaired) electrons. The van der Waals surface area contributed by atoms with Gasteiger partial charge in [-0.1, -0.05) is 6.07 Å². The number of carbonyl (C=O) groups excluding carboxylic acids is 1. The Bertz CT molecular complexity index is 392. The van der Waals surface area contributed by atoms with Gasteiger partial charge in [-0.25, -0.2) is 0 Å². The molecule has 0 fully saturated rings. The zero-order chi connectivity index (χ0) is 10.8. The molecule has 5 heteroatoms. The van der Waals surface area contributed by atoms with Crippen LogP contribution in [0.4, 0.5) is 5.69 Å². The van der Waals surface area contributed by atoms with Crippen molar-refractivity contribution in [3.63, 3.8) is 0 Å². The SMILES string of the molecule is CC(NO)c1ccc2c(c1)NC(=O)CO2. The smallest absolute Gasteiger partial charge is 0.262 e. The van der Waals surface area contributed by atoms with Gasteiger partial charge in [-0.05, 0) is 24.6 Å². The molecule has 1 atom stereocenters. The van der Waals surface area contributed by atoms with Crippen LogP contribution >= 0.6 is 0 Å². The Kier molecular flexibility index (Phi) is 2.57. The third kappa shape index (κ3) is 1.93. The van der Waals surface area contributed by atoms with E-state index in [1.807, 2.05) is 13.0 Å². The predicted octanol–water partition coefficient (Wildman–Crippen LogP) is 1.06. The molecule has 0 aromatic heterocycles. The maximum Gasteiger partial charge on any atom is 0.262 e. The maximum absolute atomic E-state index is 11.1. The molecule has 1 aromatic carbocycles. The molecule has 0 aliphatic carbocycles. The number of fused-ring (bicyclic) bond motifs is 1. The van der Waals surface area contributed by atoms with E-state index in [4.69, 9.17) is 9.94 Å². The number of rotatable bonds is 2. The second kappa shape index (κ2) is 3.88. The highest BCUT2D eigenvalue weighted by molar-refractivity contribution is 5.95. The van der Waals surface area contributed by atoms with E-state index >= 15 is 0 Å². The van der Waals surface area contributed by atoms with Crippen LogP contribution in [0.5, 0.6) is 5.75 Å². The summed E-state index contributed by atoms with van der Waals surface area (Å²) in [6.45, 7) is 1.87. The lowest BCUT2D eigenvalue weighted by molar-refractivity contribution is -0.118. The van der Waals surface area contributed by atoms with E-state index in [1.165, 1.54) is 0 Å². The lowest BCUT2D eigenvalue weighted by atomic mass is 10.1. The summed E-state index contributed by atoms with van der Waals surface area (Å²) >= 11 is 0. The quantitative estimate of drug-likeness (QED) is 0.635. The first-order chi connectivity index (χ1) is 7.20. The second-order valence-electron chi connectivity index (χ2n) is 3.44. The van der Waals surface area contributed by atoms with Crippen molar-refractivity contribution in [3.8, 4) is 5.75 Å². The molecule has 0 saturated heterocycles. The Morgan fingerprint density at radius 1 is 1.60 bits per heavy atom. The number of nitrogens with one attached hydrogen (secondary N) is 2. The molecule has 80 valence electrons. The highest BCUT2D eigenvalue weighted by Crippen LogP contribution is 2.30. The first-order valence-corrected chi connectivity index (χ1v) is 4.67. The molecule has 1 aliphatic heterocycles. The first kappa shape index (κ1) is 9.95. The van der Waals surface area contributed by atoms with Crippen LogP contribution in [0.25, 0.3) is 0 Å². The topological polar surface area (TPSA) is 70.6 Å². The minimum Gasteiger partial charge on any atom is -0.482 e. The lowest BCUT2D eigenvalue weighted by Crippen LogP contribution is -2.25. The monoisotopic (exact) mass is 208 g/mol. The molecule has 0 spiro atoms. The average molecular weight is 208 g/mol. The zero-order valence-electron chi connectivity index (χ0n) is 8.28. The Balaban J connectivity index is 2.32. The summed E-state index contributed by atoms with van der Waals surface area (Å²) in [5.41, 5.74) is 3.67. The van der Waals surface area contributed by atoms with Gasteiger partial charge in [0.05, 0.1) is 11.7 Å². The van der Waals surface area contributed by atoms with Crippen molar-refractivity contribution in [3.05, 3.63) is 23.8 Å². The summed E-state index contributed by atoms with van der Waals surface area (Å²) in [5, 5.41) is 11.5. The summed E-state index contributed by atoms with van der Waals surface area (Å²) in [7, 11) is 0. The summed E-state index contributed by atoms with van der Waals surface area (Å²) in [6.07, 6.45) is 0. The number of hydrogen-bond acceptors (Lipinski definition) is 4. The van der Waals surface area contributed by atoms with Crippen LogP contribution in [0.3, 0.4) is 0 Å². The molecular weight excluding hydrogens is 196 g/mol. The Morgan fingerprint density at radius 3 is 3.13 bits per heavy atom. The fourth-order valence-electron chi connectivity index (χ4n) is 1.44. The van der Waals surface area contributed by atoms with Crippen LogP contribution in [0.2, 0.25) is 0 Å². The molecule has 0 bridgehead atoms. The molecule has 1 aromatic rings. The van der Waals surface area contributed by atoms with E-state index in [0.29, 0.717) is 11.4 Å². The van der Waals surface area contributed by atoms with E-state index in [1.54, 1.807) is 12.1 Å². The van der Waals surface area contributed by atoms with Crippen molar-refractivity contribution in [1.82, 2.24) is 5.48 Å². The molecule has 2 rings (SSSR count). The Labute approximate surface area is 87.0 Å². The number of anilines is 1. The Hall–Kier alpha value is -1.59. The molecule has 3 N–H and O–H groups in total. The highest BCUT2D eigenvalue weighted by Gasteiger charge is 2.16. The van der Waals surface area contributed by atoms with E-state index in [2.05, 4.69) is 10.8 Å². The van der Waals surface area contributed by atoms with Crippen molar-refractivity contribution in [2.75, 3.05) is 11.9 Å². The molecule has 5 nitrogen and oxygen atoms in total. The van der Waals surface area contributed by atoms with Gasteiger partial charge < -0.3 is 15.3 Å². The van der Waals surface area contributed by atoms with Crippen LogP contribution in [0.1, 0.15) is 18.5 Å². The average Bonchev–Trinajstić information content (AvgIpc) is 2.27. The molecule has 15 heavy (non-hydrogen) atoms. The molecule has 1 aliphatic rings. The molecule has 0 saturated carbocycles. The number of benzene rings is 1. The van der Waals surface area contributed by atoms with Gasteiger partial charge in [0.25, 0.3) is 5.91 Å². The van der Waals surface area contributed by atoms with Crippen LogP contribution in [0.15, 0.2) is 18.2 Å². The number of amides is 1. The van der Waals surface area contributed by atoms with Crippen molar-refractivity contribution in [1.29, 1.82) is 0 Å². The highest BCUT2D eigenvalue weighted by atomic mass is 16.5. The molecular formula is C10H12N2O3. The number of hydroxylamine groups is 1. The number of hydrogen-bond donors (Lipinski definition) is 3. The van der Waals surface area contributed by atoms with Crippen LogP contribution in [-0.2, 0) is 4.79 Å². The summed E-state index contributed by atoms with van der Waals surface area (Å²) in [4.78, 5) is 11.1. The first-order valence-electron chi connectivity index (χ1n) is 4.67. The summed E-state index contributed by atoms with van der Waals surface area (Å²) in [6, 6.07) is 5.21. The van der Waals surface area contributed by atoms with Crippen molar-refractivity contribution < 1.29 is 14.7 Å². The van der Waals surface area contributed by atoms with Gasteiger partial charge in [-0.2, -0.15) is 5.48 Å². The third-order valence-electron chi connectivity index (χ3n) is 2.33. The van der Waals surface area contributed by atoms with Crippen molar-refractivity contribution in [2.45, 2.75) is 13.0 Å². The maximum atomic E-state index is 11.1. The van der Waals surface area contributed by atoms with E-state index in [9.17, 15) is 4.79 Å². The minimum absolute atomic E-state index is 0.0557. The standard InChI is InChI=1S/C10H12N2O3/c1-6(12-14)7-2-3-9-8(4-7)11-10(13)5-15-9/h2-4,6,12,14H,5H2,1H3,(H,11,13). The molecule has 1 heterocycles. The molecule has 1 amide bonds. The van der Waals surface area contributed by atoms with Gasteiger partial charge in [0.2, 0.25) is 0 Å². The molecule has 1 unspecified atom stereocenters. The summed E-state index contributed by atoms with van der Waals surface area (Å²) < 4.78 is 5.21. The van der Waals surface area contributed by atoms with Crippen molar-refractivity contribution >= 4 is 11.6 Å². The largest absolute Gasteiger partial charge is 0.482 e. The normalized spacial score (nSPS) is 16.3. The van der Waals surface area contributed by atoms with Gasteiger partial charge >= 0.3 is 0 Å². The van der Waals surface area contributed by atoms with E-state index in [0.717, 1.165) is 5.56 Å². The lowest BCUT2D eigenvalue weighted by Gasteiger charge is -2.19. The van der Waals surface area contributed by atoms with E-state index in [-0.39, 0.29) is 18.6 Å². The van der Waals surface area contributed by atoms with Gasteiger partial charge in [0.1, 0.15) is 5.75 Å². The fraction of sp³-hybridized carbons (Fsp3) is 0.300. The van der Waals surface area contributed by atoms with Gasteiger partial charge in [-0.15, -0.1) is 0 Å². The van der Waals surface area contributed by atoms with Crippen LogP contribution < -0.4 is 15.5 Å². The van der Waals surface area contributed by atoms with Gasteiger partial charge in [0.15, 0.2) is 6.61 Å². The second-order valence-corrected chi connectivity index (χ2v) is 3.44. The number of carbonyl (C=O) groups is 1. The van der Waals surface area contributed by atoms with Crippen LogP contribution in [0, 0.1) is 0 Å². The minimum atomic E-state index is -0.186. The fourth-order valence-corrected chi connectivity index (χ4v) is 1.44. The third-order valence-corrected chi connectivity index (χ3v) is 2.33. The summed E-state index contributed by atoms with van der Waals surface area (Å²) in [5.74, 6) is 0.493. The van der Waals surface area contributed by atoms with Gasteiger partial charge in [-0.3, -0.25) is 4.79 Å².